The van der Waals surface area contributed by atoms with Crippen molar-refractivity contribution in [1.82, 2.24) is 5.32 Å². The molecule has 1 aromatic rings. The van der Waals surface area contributed by atoms with Crippen LogP contribution in [0.15, 0.2) is 36.4 Å². The van der Waals surface area contributed by atoms with Gasteiger partial charge in [0.1, 0.15) is 0 Å². The normalized spacial score (nSPS) is 27.8. The number of nitrogens with one attached hydrogen (secondary N) is 1. The number of aryl methyl sites for hydroxylation is 1. The molecule has 2 unspecified atom stereocenters. The second-order valence-corrected chi connectivity index (χ2v) is 5.34. The highest BCUT2D eigenvalue weighted by atomic mass is 14.9. The topological polar surface area (TPSA) is 12.0 Å². The highest BCUT2D eigenvalue weighted by molar-refractivity contribution is 5.30. The van der Waals surface area contributed by atoms with Crippen LogP contribution in [0.5, 0.6) is 0 Å². The van der Waals surface area contributed by atoms with E-state index in [-0.39, 0.29) is 0 Å². The van der Waals surface area contributed by atoms with Crippen LogP contribution in [0.3, 0.4) is 0 Å². The smallest absolute Gasteiger partial charge is 0.0252 e. The van der Waals surface area contributed by atoms with E-state index < -0.39 is 0 Å². The summed E-state index contributed by atoms with van der Waals surface area (Å²) in [7, 11) is 0. The maximum absolute atomic E-state index is 3.81. The zero-order chi connectivity index (χ0) is 11.5. The van der Waals surface area contributed by atoms with Crippen molar-refractivity contribution in [3.63, 3.8) is 0 Å². The van der Waals surface area contributed by atoms with Crippen molar-refractivity contribution in [3.8, 4) is 0 Å². The van der Waals surface area contributed by atoms with Gasteiger partial charge in [-0.15, -0.1) is 0 Å². The molecule has 1 heteroatoms. The van der Waals surface area contributed by atoms with Crippen LogP contribution in [0.2, 0.25) is 0 Å². The Balaban J connectivity index is 1.64. The summed E-state index contributed by atoms with van der Waals surface area (Å²) in [6.45, 7) is 0. The van der Waals surface area contributed by atoms with Gasteiger partial charge in [0, 0.05) is 12.1 Å². The molecule has 2 atom stereocenters. The lowest BCUT2D eigenvalue weighted by Gasteiger charge is -2.29. The van der Waals surface area contributed by atoms with Crippen molar-refractivity contribution in [1.29, 1.82) is 0 Å². The standard InChI is InChI=1S/C16H21N/c1-2-8-15(9-3-1)17-16-11-10-13-6-4-5-7-14(13)12-16/h2,4-8,15-17H,1,3,9-12H2. The van der Waals surface area contributed by atoms with Crippen LogP contribution in [-0.2, 0) is 12.8 Å². The van der Waals surface area contributed by atoms with Gasteiger partial charge in [0.15, 0.2) is 0 Å². The average molecular weight is 227 g/mol. The molecule has 0 aliphatic heterocycles. The average Bonchev–Trinajstić information content (AvgIpc) is 2.40. The van der Waals surface area contributed by atoms with Crippen molar-refractivity contribution < 1.29 is 0 Å². The minimum atomic E-state index is 0.624. The Kier molecular flexibility index (Phi) is 3.28. The fourth-order valence-corrected chi connectivity index (χ4v) is 3.09. The molecule has 1 aromatic carbocycles. The first kappa shape index (κ1) is 11.0. The first-order chi connectivity index (χ1) is 8.42. The second-order valence-electron chi connectivity index (χ2n) is 5.34. The summed E-state index contributed by atoms with van der Waals surface area (Å²) < 4.78 is 0. The Bertz CT molecular complexity index is 408. The minimum Gasteiger partial charge on any atom is -0.307 e. The molecular formula is C16H21N. The third-order valence-electron chi connectivity index (χ3n) is 4.05. The molecule has 0 heterocycles. The van der Waals surface area contributed by atoms with Gasteiger partial charge in [0.05, 0.1) is 0 Å². The van der Waals surface area contributed by atoms with Gasteiger partial charge in [0.2, 0.25) is 0 Å². The molecule has 0 saturated heterocycles. The SMILES string of the molecule is C1=CC(NC2CCc3ccccc3C2)CCC1. The van der Waals surface area contributed by atoms with Gasteiger partial charge in [-0.1, -0.05) is 36.4 Å². The molecule has 0 fully saturated rings. The van der Waals surface area contributed by atoms with Gasteiger partial charge >= 0.3 is 0 Å². The first-order valence-corrected chi connectivity index (χ1v) is 6.91. The van der Waals surface area contributed by atoms with E-state index in [4.69, 9.17) is 0 Å². The molecule has 1 nitrogen and oxygen atoms in total. The zero-order valence-corrected chi connectivity index (χ0v) is 10.4. The van der Waals surface area contributed by atoms with Crippen molar-refractivity contribution in [2.45, 2.75) is 50.6 Å². The largest absolute Gasteiger partial charge is 0.307 e. The monoisotopic (exact) mass is 227 g/mol. The van der Waals surface area contributed by atoms with Crippen LogP contribution in [-0.4, -0.2) is 12.1 Å². The summed E-state index contributed by atoms with van der Waals surface area (Å²) in [6, 6.07) is 10.2. The lowest BCUT2D eigenvalue weighted by atomic mass is 9.87. The molecule has 0 radical (unpaired) electrons. The van der Waals surface area contributed by atoms with E-state index in [0.717, 1.165) is 0 Å². The fraction of sp³-hybridized carbons (Fsp3) is 0.500. The van der Waals surface area contributed by atoms with E-state index in [1.165, 1.54) is 38.5 Å². The molecule has 2 aliphatic rings. The summed E-state index contributed by atoms with van der Waals surface area (Å²) in [5, 5.41) is 3.81. The summed E-state index contributed by atoms with van der Waals surface area (Å²) in [6.07, 6.45) is 12.4. The van der Waals surface area contributed by atoms with E-state index in [0.29, 0.717) is 12.1 Å². The maximum atomic E-state index is 3.81. The van der Waals surface area contributed by atoms with Gasteiger partial charge in [-0.2, -0.15) is 0 Å². The van der Waals surface area contributed by atoms with Gasteiger partial charge in [-0.25, -0.2) is 0 Å². The summed E-state index contributed by atoms with van der Waals surface area (Å²) >= 11 is 0. The number of fused-ring (bicyclic) bond motifs is 1. The summed E-state index contributed by atoms with van der Waals surface area (Å²) in [5.41, 5.74) is 3.11. The molecule has 0 spiro atoms. The van der Waals surface area contributed by atoms with Gasteiger partial charge in [0.25, 0.3) is 0 Å². The van der Waals surface area contributed by atoms with Gasteiger partial charge in [-0.3, -0.25) is 0 Å². The molecule has 0 saturated carbocycles. The van der Waals surface area contributed by atoms with E-state index in [1.807, 2.05) is 0 Å². The van der Waals surface area contributed by atoms with E-state index in [1.54, 1.807) is 11.1 Å². The number of benzene rings is 1. The summed E-state index contributed by atoms with van der Waals surface area (Å²) in [4.78, 5) is 0. The Morgan fingerprint density at radius 2 is 1.94 bits per heavy atom. The van der Waals surface area contributed by atoms with Crippen LogP contribution in [0.4, 0.5) is 0 Å². The number of hydrogen-bond donors (Lipinski definition) is 1. The Morgan fingerprint density at radius 3 is 2.76 bits per heavy atom. The quantitative estimate of drug-likeness (QED) is 0.765. The highest BCUT2D eigenvalue weighted by Crippen LogP contribution is 2.22. The third-order valence-corrected chi connectivity index (χ3v) is 4.05. The predicted molar refractivity (Wildman–Crippen MR) is 72.2 cm³/mol. The lowest BCUT2D eigenvalue weighted by molar-refractivity contribution is 0.404. The Hall–Kier alpha value is -1.08. The molecule has 0 amide bonds. The van der Waals surface area contributed by atoms with Crippen molar-refractivity contribution >= 4 is 0 Å². The lowest BCUT2D eigenvalue weighted by Crippen LogP contribution is -2.41. The van der Waals surface area contributed by atoms with Crippen LogP contribution in [0, 0.1) is 0 Å². The predicted octanol–water partition coefficient (Wildman–Crippen LogP) is 3.24. The Morgan fingerprint density at radius 1 is 1.06 bits per heavy atom. The van der Waals surface area contributed by atoms with Crippen molar-refractivity contribution in [2.75, 3.05) is 0 Å². The number of hydrogen-bond acceptors (Lipinski definition) is 1. The van der Waals surface area contributed by atoms with E-state index in [9.17, 15) is 0 Å². The van der Waals surface area contributed by atoms with Gasteiger partial charge < -0.3 is 5.32 Å². The molecule has 3 rings (SSSR count). The fourth-order valence-electron chi connectivity index (χ4n) is 3.09. The highest BCUT2D eigenvalue weighted by Gasteiger charge is 2.20. The second kappa shape index (κ2) is 5.05. The van der Waals surface area contributed by atoms with Crippen LogP contribution >= 0.6 is 0 Å². The maximum Gasteiger partial charge on any atom is 0.0252 e. The molecule has 0 bridgehead atoms. The summed E-state index contributed by atoms with van der Waals surface area (Å²) in [5.74, 6) is 0. The van der Waals surface area contributed by atoms with E-state index in [2.05, 4.69) is 41.7 Å². The molecule has 90 valence electrons. The number of allylic oxidation sites excluding steroid dienone is 1. The van der Waals surface area contributed by atoms with E-state index >= 15 is 0 Å². The molecule has 2 aliphatic carbocycles. The number of rotatable bonds is 2. The minimum absolute atomic E-state index is 0.624. The van der Waals surface area contributed by atoms with Crippen LogP contribution in [0.25, 0.3) is 0 Å². The molecule has 17 heavy (non-hydrogen) atoms. The third kappa shape index (κ3) is 2.61. The zero-order valence-electron chi connectivity index (χ0n) is 10.4. The van der Waals surface area contributed by atoms with Crippen LogP contribution in [0.1, 0.15) is 36.8 Å². The molecule has 0 aromatic heterocycles. The van der Waals surface area contributed by atoms with Crippen molar-refractivity contribution in [3.05, 3.63) is 47.5 Å². The molecule has 1 N–H and O–H groups in total. The Labute approximate surface area is 104 Å². The first-order valence-electron chi connectivity index (χ1n) is 6.91. The van der Waals surface area contributed by atoms with Gasteiger partial charge in [-0.05, 0) is 49.7 Å². The van der Waals surface area contributed by atoms with Crippen LogP contribution < -0.4 is 5.32 Å². The molecular weight excluding hydrogens is 206 g/mol. The van der Waals surface area contributed by atoms with Crippen molar-refractivity contribution in [2.24, 2.45) is 0 Å².